The molecule has 156 valence electrons. The highest BCUT2D eigenvalue weighted by Gasteiger charge is 2.11. The van der Waals surface area contributed by atoms with Gasteiger partial charge in [-0.1, -0.05) is 42.5 Å². The lowest BCUT2D eigenvalue weighted by Gasteiger charge is -2.14. The molecule has 0 unspecified atom stereocenters. The normalized spacial score (nSPS) is 10.8. The molecule has 0 saturated heterocycles. The molecule has 0 aliphatic rings. The van der Waals surface area contributed by atoms with Crippen LogP contribution in [0.15, 0.2) is 71.5 Å². The fraction of sp³-hybridized carbons (Fsp3) is 0.160. The first kappa shape index (κ1) is 20.3. The van der Waals surface area contributed by atoms with E-state index in [1.807, 2.05) is 68.4 Å². The van der Waals surface area contributed by atoms with Gasteiger partial charge in [-0.25, -0.2) is 9.78 Å². The van der Waals surface area contributed by atoms with E-state index in [9.17, 15) is 9.59 Å². The maximum absolute atomic E-state index is 12.7. The summed E-state index contributed by atoms with van der Waals surface area (Å²) in [7, 11) is 0. The van der Waals surface area contributed by atoms with E-state index < -0.39 is 0 Å². The van der Waals surface area contributed by atoms with Crippen molar-refractivity contribution in [2.24, 2.45) is 0 Å². The molecule has 0 fully saturated rings. The van der Waals surface area contributed by atoms with E-state index in [-0.39, 0.29) is 11.6 Å². The quantitative estimate of drug-likeness (QED) is 0.494. The lowest BCUT2D eigenvalue weighted by atomic mass is 10.1. The van der Waals surface area contributed by atoms with Crippen molar-refractivity contribution in [1.29, 1.82) is 0 Å². The largest absolute Gasteiger partial charge is 0.323 e. The van der Waals surface area contributed by atoms with Gasteiger partial charge < -0.3 is 15.2 Å². The highest BCUT2D eigenvalue weighted by Crippen LogP contribution is 2.20. The van der Waals surface area contributed by atoms with Crippen LogP contribution in [-0.2, 0) is 6.54 Å². The molecule has 4 rings (SSSR count). The lowest BCUT2D eigenvalue weighted by Crippen LogP contribution is -2.25. The second-order valence-electron chi connectivity index (χ2n) is 7.68. The van der Waals surface area contributed by atoms with Gasteiger partial charge in [-0.2, -0.15) is 0 Å². The van der Waals surface area contributed by atoms with Crippen molar-refractivity contribution < 1.29 is 4.79 Å². The number of benzene rings is 3. The van der Waals surface area contributed by atoms with Crippen LogP contribution in [-0.4, -0.2) is 15.6 Å². The lowest BCUT2D eigenvalue weighted by molar-refractivity contribution is 0.262. The van der Waals surface area contributed by atoms with Gasteiger partial charge in [0.25, 0.3) is 5.56 Å². The molecular weight excluding hydrogens is 388 g/mol. The summed E-state index contributed by atoms with van der Waals surface area (Å²) in [6.45, 7) is 6.09. The number of fused-ring (bicyclic) bond motifs is 1. The number of hydrogen-bond acceptors (Lipinski definition) is 3. The van der Waals surface area contributed by atoms with Crippen LogP contribution in [0.25, 0.3) is 11.0 Å². The van der Waals surface area contributed by atoms with Crippen LogP contribution in [0.2, 0.25) is 0 Å². The number of nitrogens with one attached hydrogen (secondary N) is 2. The third-order valence-electron chi connectivity index (χ3n) is 5.19. The second-order valence-corrected chi connectivity index (χ2v) is 7.68. The fourth-order valence-electron chi connectivity index (χ4n) is 3.53. The fourth-order valence-corrected chi connectivity index (χ4v) is 3.53. The van der Waals surface area contributed by atoms with Gasteiger partial charge in [0.05, 0.1) is 17.6 Å². The first-order valence-corrected chi connectivity index (χ1v) is 10.1. The van der Waals surface area contributed by atoms with Crippen LogP contribution < -0.4 is 16.2 Å². The zero-order valence-electron chi connectivity index (χ0n) is 17.8. The third-order valence-corrected chi connectivity index (χ3v) is 5.19. The first-order valence-electron chi connectivity index (χ1n) is 10.1. The van der Waals surface area contributed by atoms with Gasteiger partial charge >= 0.3 is 6.03 Å². The topological polar surface area (TPSA) is 76.0 Å². The van der Waals surface area contributed by atoms with E-state index in [2.05, 4.69) is 15.6 Å². The van der Waals surface area contributed by atoms with Gasteiger partial charge in [0.2, 0.25) is 0 Å². The molecule has 1 aromatic heterocycles. The number of carbonyl (C=O) groups excluding carboxylic acids is 1. The van der Waals surface area contributed by atoms with Crippen molar-refractivity contribution in [2.45, 2.75) is 27.3 Å². The summed E-state index contributed by atoms with van der Waals surface area (Å²) < 4.78 is 1.72. The monoisotopic (exact) mass is 412 g/mol. The molecule has 0 bridgehead atoms. The van der Waals surface area contributed by atoms with Crippen LogP contribution >= 0.6 is 0 Å². The molecule has 6 nitrogen and oxygen atoms in total. The predicted octanol–water partition coefficient (Wildman–Crippen LogP) is 5.01. The number of amides is 2. The average Bonchev–Trinajstić information content (AvgIpc) is 2.74. The number of nitrogens with zero attached hydrogens (tertiary/aromatic N) is 2. The molecule has 0 radical (unpaired) electrons. The molecule has 3 aromatic carbocycles. The number of hydrogen-bond donors (Lipinski definition) is 2. The van der Waals surface area contributed by atoms with Gasteiger partial charge in [0.15, 0.2) is 0 Å². The highest BCUT2D eigenvalue weighted by atomic mass is 16.2. The summed E-state index contributed by atoms with van der Waals surface area (Å²) in [5.74, 6) is 0. The number of aromatic nitrogens is 2. The average molecular weight is 412 g/mol. The third kappa shape index (κ3) is 4.48. The van der Waals surface area contributed by atoms with Crippen LogP contribution in [0.4, 0.5) is 16.2 Å². The minimum atomic E-state index is -0.331. The van der Waals surface area contributed by atoms with E-state index in [4.69, 9.17) is 0 Å². The number of urea groups is 1. The molecular formula is C25H24N4O2. The number of aryl methyl sites for hydroxylation is 3. The summed E-state index contributed by atoms with van der Waals surface area (Å²) in [5.41, 5.74) is 6.13. The van der Waals surface area contributed by atoms with E-state index in [1.54, 1.807) is 23.6 Å². The Balaban J connectivity index is 1.62. The molecule has 0 aliphatic heterocycles. The molecule has 31 heavy (non-hydrogen) atoms. The number of anilines is 2. The maximum Gasteiger partial charge on any atom is 0.323 e. The zero-order chi connectivity index (χ0) is 22.0. The number of carbonyl (C=O) groups is 1. The van der Waals surface area contributed by atoms with Gasteiger partial charge in [-0.3, -0.25) is 4.79 Å². The molecule has 0 saturated carbocycles. The number of rotatable bonds is 4. The molecule has 2 amide bonds. The molecule has 2 N–H and O–H groups in total. The molecule has 1 heterocycles. The Hall–Kier alpha value is -3.93. The summed E-state index contributed by atoms with van der Waals surface area (Å²) in [6, 6.07) is 20.8. The van der Waals surface area contributed by atoms with Gasteiger partial charge in [-0.05, 0) is 61.7 Å². The van der Waals surface area contributed by atoms with Crippen molar-refractivity contribution in [2.75, 3.05) is 10.6 Å². The van der Waals surface area contributed by atoms with Gasteiger partial charge in [0.1, 0.15) is 5.69 Å². The zero-order valence-corrected chi connectivity index (χ0v) is 17.8. The van der Waals surface area contributed by atoms with Crippen molar-refractivity contribution in [3.8, 4) is 0 Å². The SMILES string of the molecule is Cc1ccc(C)c(NC(=O)Nc2ccc3c(c2)nc(C)c(=O)n3Cc2ccccc2)c1. The summed E-state index contributed by atoms with van der Waals surface area (Å²) in [6.07, 6.45) is 0. The van der Waals surface area contributed by atoms with E-state index in [0.29, 0.717) is 23.4 Å². The molecule has 4 aromatic rings. The first-order chi connectivity index (χ1) is 14.9. The van der Waals surface area contributed by atoms with E-state index >= 15 is 0 Å². The molecule has 0 atom stereocenters. The predicted molar refractivity (Wildman–Crippen MR) is 125 cm³/mol. The van der Waals surface area contributed by atoms with Crippen LogP contribution in [0, 0.1) is 20.8 Å². The van der Waals surface area contributed by atoms with E-state index in [1.165, 1.54) is 0 Å². The molecule has 6 heteroatoms. The highest BCUT2D eigenvalue weighted by molar-refractivity contribution is 6.01. The van der Waals surface area contributed by atoms with Crippen molar-refractivity contribution in [3.05, 3.63) is 99.5 Å². The molecule has 0 spiro atoms. The minimum Gasteiger partial charge on any atom is -0.308 e. The Labute approximate surface area is 180 Å². The van der Waals surface area contributed by atoms with Crippen LogP contribution in [0.3, 0.4) is 0 Å². The van der Waals surface area contributed by atoms with Gasteiger partial charge in [-0.15, -0.1) is 0 Å². The summed E-state index contributed by atoms with van der Waals surface area (Å²) >= 11 is 0. The maximum atomic E-state index is 12.7. The Morgan fingerprint density at radius 2 is 1.71 bits per heavy atom. The Kier molecular flexibility index (Phi) is 5.54. The summed E-state index contributed by atoms with van der Waals surface area (Å²) in [5, 5.41) is 5.74. The van der Waals surface area contributed by atoms with Crippen LogP contribution in [0.5, 0.6) is 0 Å². The van der Waals surface area contributed by atoms with Crippen molar-refractivity contribution in [3.63, 3.8) is 0 Å². The Bertz CT molecular complexity index is 1330. The Morgan fingerprint density at radius 3 is 2.48 bits per heavy atom. The second kappa shape index (κ2) is 8.44. The van der Waals surface area contributed by atoms with Gasteiger partial charge in [0, 0.05) is 11.4 Å². The summed E-state index contributed by atoms with van der Waals surface area (Å²) in [4.78, 5) is 29.7. The molecule has 0 aliphatic carbocycles. The van der Waals surface area contributed by atoms with Crippen LogP contribution in [0.1, 0.15) is 22.4 Å². The smallest absolute Gasteiger partial charge is 0.308 e. The van der Waals surface area contributed by atoms with E-state index in [0.717, 1.165) is 27.9 Å². The Morgan fingerprint density at radius 1 is 0.935 bits per heavy atom. The van der Waals surface area contributed by atoms with Crippen molar-refractivity contribution in [1.82, 2.24) is 9.55 Å². The van der Waals surface area contributed by atoms with Crippen molar-refractivity contribution >= 4 is 28.4 Å². The minimum absolute atomic E-state index is 0.121. The standard InChI is InChI=1S/C25H24N4O2/c1-16-9-10-17(2)21(13-16)28-25(31)27-20-11-12-23-22(14-20)26-18(3)24(30)29(23)15-19-7-5-4-6-8-19/h4-14H,15H2,1-3H3,(H2,27,28,31).